The summed E-state index contributed by atoms with van der Waals surface area (Å²) in [5.74, 6) is 0.364. The van der Waals surface area contributed by atoms with E-state index in [-0.39, 0.29) is 12.6 Å². The number of benzene rings is 1. The maximum absolute atomic E-state index is 11.6. The van der Waals surface area contributed by atoms with Gasteiger partial charge in [-0.1, -0.05) is 12.1 Å². The van der Waals surface area contributed by atoms with Crippen LogP contribution in [0.15, 0.2) is 30.6 Å². The van der Waals surface area contributed by atoms with Gasteiger partial charge in [-0.05, 0) is 24.1 Å². The van der Waals surface area contributed by atoms with Gasteiger partial charge in [-0.3, -0.25) is 9.48 Å². The summed E-state index contributed by atoms with van der Waals surface area (Å²) in [5.41, 5.74) is 7.39. The maximum Gasteiger partial charge on any atom is 0.306 e. The zero-order valence-corrected chi connectivity index (χ0v) is 10.7. The summed E-state index contributed by atoms with van der Waals surface area (Å²) >= 11 is 0. The fourth-order valence-electron chi connectivity index (χ4n) is 1.66. The van der Waals surface area contributed by atoms with Crippen molar-refractivity contribution in [1.82, 2.24) is 14.8 Å². The SMILES string of the molecule is Cn1ncnc1COC(=O)CCc1cccc(N)c1. The zero-order valence-electron chi connectivity index (χ0n) is 10.7. The van der Waals surface area contributed by atoms with E-state index in [2.05, 4.69) is 10.1 Å². The van der Waals surface area contributed by atoms with Crippen LogP contribution < -0.4 is 5.73 Å². The molecule has 100 valence electrons. The fraction of sp³-hybridized carbons (Fsp3) is 0.308. The minimum atomic E-state index is -0.259. The molecule has 1 aromatic heterocycles. The van der Waals surface area contributed by atoms with Crippen LogP contribution in [0.2, 0.25) is 0 Å². The largest absolute Gasteiger partial charge is 0.457 e. The van der Waals surface area contributed by atoms with Crippen molar-refractivity contribution in [1.29, 1.82) is 0 Å². The summed E-state index contributed by atoms with van der Waals surface area (Å²) < 4.78 is 6.70. The molecule has 0 spiro atoms. The van der Waals surface area contributed by atoms with E-state index in [1.165, 1.54) is 6.33 Å². The number of nitrogens with zero attached hydrogens (tertiary/aromatic N) is 3. The summed E-state index contributed by atoms with van der Waals surface area (Å²) in [5, 5.41) is 3.90. The number of ether oxygens (including phenoxy) is 1. The molecule has 6 heteroatoms. The quantitative estimate of drug-likeness (QED) is 0.642. The summed E-state index contributed by atoms with van der Waals surface area (Å²) in [7, 11) is 1.75. The normalized spacial score (nSPS) is 10.4. The molecule has 2 rings (SSSR count). The van der Waals surface area contributed by atoms with Crippen molar-refractivity contribution in [3.05, 3.63) is 42.0 Å². The minimum Gasteiger partial charge on any atom is -0.457 e. The van der Waals surface area contributed by atoms with Gasteiger partial charge in [0.25, 0.3) is 0 Å². The van der Waals surface area contributed by atoms with Crippen LogP contribution in [0.3, 0.4) is 0 Å². The fourth-order valence-corrected chi connectivity index (χ4v) is 1.66. The lowest BCUT2D eigenvalue weighted by molar-refractivity contribution is -0.145. The van der Waals surface area contributed by atoms with Gasteiger partial charge in [-0.25, -0.2) is 4.98 Å². The Morgan fingerprint density at radius 2 is 2.32 bits per heavy atom. The number of rotatable bonds is 5. The number of hydrogen-bond acceptors (Lipinski definition) is 5. The predicted octanol–water partition coefficient (Wildman–Crippen LogP) is 1.07. The van der Waals surface area contributed by atoms with E-state index in [4.69, 9.17) is 10.5 Å². The Morgan fingerprint density at radius 1 is 1.47 bits per heavy atom. The molecule has 0 fully saturated rings. The monoisotopic (exact) mass is 260 g/mol. The van der Waals surface area contributed by atoms with E-state index in [0.29, 0.717) is 24.4 Å². The Morgan fingerprint density at radius 3 is 3.00 bits per heavy atom. The number of aryl methyl sites for hydroxylation is 2. The Hall–Kier alpha value is -2.37. The average Bonchev–Trinajstić information content (AvgIpc) is 2.80. The molecule has 0 aliphatic heterocycles. The van der Waals surface area contributed by atoms with E-state index < -0.39 is 0 Å². The molecule has 0 saturated heterocycles. The van der Waals surface area contributed by atoms with Crippen LogP contribution >= 0.6 is 0 Å². The Kier molecular flexibility index (Phi) is 4.12. The second-order valence-corrected chi connectivity index (χ2v) is 4.21. The number of nitrogen functional groups attached to an aromatic ring is 1. The van der Waals surface area contributed by atoms with Gasteiger partial charge in [0.15, 0.2) is 12.4 Å². The van der Waals surface area contributed by atoms with Crippen molar-refractivity contribution in [2.45, 2.75) is 19.4 Å². The number of esters is 1. The first-order valence-electron chi connectivity index (χ1n) is 5.98. The van der Waals surface area contributed by atoms with Crippen molar-refractivity contribution in [2.24, 2.45) is 7.05 Å². The van der Waals surface area contributed by atoms with Crippen LogP contribution in [0.25, 0.3) is 0 Å². The first-order valence-corrected chi connectivity index (χ1v) is 5.98. The van der Waals surface area contributed by atoms with E-state index in [9.17, 15) is 4.79 Å². The topological polar surface area (TPSA) is 83.0 Å². The van der Waals surface area contributed by atoms with Crippen LogP contribution in [-0.4, -0.2) is 20.7 Å². The summed E-state index contributed by atoms with van der Waals surface area (Å²) in [6, 6.07) is 7.48. The van der Waals surface area contributed by atoms with Crippen molar-refractivity contribution in [3.8, 4) is 0 Å². The third-order valence-corrected chi connectivity index (χ3v) is 2.74. The molecule has 0 unspecified atom stereocenters. The standard InChI is InChI=1S/C13H16N4O2/c1-17-12(15-9-16-17)8-19-13(18)6-5-10-3-2-4-11(14)7-10/h2-4,7,9H,5-6,8,14H2,1H3. The van der Waals surface area contributed by atoms with E-state index >= 15 is 0 Å². The highest BCUT2D eigenvalue weighted by Gasteiger charge is 2.07. The third-order valence-electron chi connectivity index (χ3n) is 2.74. The highest BCUT2D eigenvalue weighted by atomic mass is 16.5. The molecular weight excluding hydrogens is 244 g/mol. The second kappa shape index (κ2) is 5.99. The molecule has 2 aromatic rings. The molecule has 0 aliphatic carbocycles. The third kappa shape index (κ3) is 3.80. The number of carbonyl (C=O) groups excluding carboxylic acids is 1. The lowest BCUT2D eigenvalue weighted by Gasteiger charge is -2.05. The highest BCUT2D eigenvalue weighted by molar-refractivity contribution is 5.69. The predicted molar refractivity (Wildman–Crippen MR) is 70.0 cm³/mol. The molecule has 0 bridgehead atoms. The van der Waals surface area contributed by atoms with Gasteiger partial charge in [0.2, 0.25) is 0 Å². The highest BCUT2D eigenvalue weighted by Crippen LogP contribution is 2.09. The van der Waals surface area contributed by atoms with Gasteiger partial charge in [-0.15, -0.1) is 0 Å². The first kappa shape index (κ1) is 13.1. The van der Waals surface area contributed by atoms with E-state index in [1.807, 2.05) is 24.3 Å². The molecular formula is C13H16N4O2. The summed E-state index contributed by atoms with van der Waals surface area (Å²) in [6.45, 7) is 0.145. The van der Waals surface area contributed by atoms with Crippen molar-refractivity contribution < 1.29 is 9.53 Å². The van der Waals surface area contributed by atoms with Crippen LogP contribution in [0, 0.1) is 0 Å². The molecule has 0 atom stereocenters. The molecule has 0 radical (unpaired) electrons. The van der Waals surface area contributed by atoms with Crippen LogP contribution in [0.5, 0.6) is 0 Å². The molecule has 0 aliphatic rings. The van der Waals surface area contributed by atoms with Gasteiger partial charge in [0.05, 0.1) is 0 Å². The van der Waals surface area contributed by atoms with Crippen molar-refractivity contribution in [3.63, 3.8) is 0 Å². The van der Waals surface area contributed by atoms with Crippen LogP contribution in [-0.2, 0) is 29.6 Å². The number of aromatic nitrogens is 3. The Labute approximate surface area is 111 Å². The van der Waals surface area contributed by atoms with Gasteiger partial charge < -0.3 is 10.5 Å². The van der Waals surface area contributed by atoms with Gasteiger partial charge in [-0.2, -0.15) is 5.10 Å². The Balaban J connectivity index is 1.77. The first-order chi connectivity index (χ1) is 9.15. The molecule has 2 N–H and O–H groups in total. The van der Waals surface area contributed by atoms with E-state index in [0.717, 1.165) is 5.56 Å². The molecule has 6 nitrogen and oxygen atoms in total. The van der Waals surface area contributed by atoms with Gasteiger partial charge in [0, 0.05) is 19.2 Å². The zero-order chi connectivity index (χ0) is 13.7. The molecule has 0 amide bonds. The smallest absolute Gasteiger partial charge is 0.306 e. The number of nitrogens with two attached hydrogens (primary N) is 1. The van der Waals surface area contributed by atoms with Crippen LogP contribution in [0.1, 0.15) is 17.8 Å². The number of anilines is 1. The van der Waals surface area contributed by atoms with Gasteiger partial charge in [0.1, 0.15) is 6.33 Å². The maximum atomic E-state index is 11.6. The molecule has 0 saturated carbocycles. The van der Waals surface area contributed by atoms with Crippen molar-refractivity contribution >= 4 is 11.7 Å². The molecule has 19 heavy (non-hydrogen) atoms. The lowest BCUT2D eigenvalue weighted by Crippen LogP contribution is -2.09. The Bertz CT molecular complexity index is 565. The lowest BCUT2D eigenvalue weighted by atomic mass is 10.1. The molecule has 1 aromatic carbocycles. The van der Waals surface area contributed by atoms with Crippen LogP contribution in [0.4, 0.5) is 5.69 Å². The number of hydrogen-bond donors (Lipinski definition) is 1. The van der Waals surface area contributed by atoms with Crippen molar-refractivity contribution in [2.75, 3.05) is 5.73 Å². The minimum absolute atomic E-state index is 0.145. The average molecular weight is 260 g/mol. The summed E-state index contributed by atoms with van der Waals surface area (Å²) in [6.07, 6.45) is 2.36. The van der Waals surface area contributed by atoms with E-state index in [1.54, 1.807) is 11.7 Å². The number of carbonyl (C=O) groups is 1. The second-order valence-electron chi connectivity index (χ2n) is 4.21. The summed E-state index contributed by atoms with van der Waals surface area (Å²) in [4.78, 5) is 15.6. The van der Waals surface area contributed by atoms with Gasteiger partial charge >= 0.3 is 5.97 Å². The molecule has 1 heterocycles.